The Kier molecular flexibility index (Phi) is 5.68. The second-order valence-electron chi connectivity index (χ2n) is 5.08. The summed E-state index contributed by atoms with van der Waals surface area (Å²) in [4.78, 5) is 33.3. The van der Waals surface area contributed by atoms with Gasteiger partial charge in [-0.3, -0.25) is 0 Å². The molecule has 0 fully saturated rings. The zero-order valence-corrected chi connectivity index (χ0v) is 12.2. The Morgan fingerprint density at radius 1 is 1.14 bits per heavy atom. The van der Waals surface area contributed by atoms with Crippen molar-refractivity contribution in [3.8, 4) is 0 Å². The Morgan fingerprint density at radius 3 is 2.18 bits per heavy atom. The van der Waals surface area contributed by atoms with Crippen LogP contribution in [-0.2, 0) is 20.9 Å². The number of hydrogen-bond donors (Lipinski definition) is 3. The lowest BCUT2D eigenvalue weighted by molar-refractivity contribution is -0.140. The summed E-state index contributed by atoms with van der Waals surface area (Å²) in [6.45, 7) is 2.97. The van der Waals surface area contributed by atoms with Gasteiger partial charge in [-0.15, -0.1) is 0 Å². The molecule has 1 rings (SSSR count). The number of aliphatic carboxylic acids is 2. The van der Waals surface area contributed by atoms with Crippen molar-refractivity contribution in [3.05, 3.63) is 47.5 Å². The highest BCUT2D eigenvalue weighted by atomic mass is 16.5. The molecule has 0 spiro atoms. The minimum Gasteiger partial charge on any atom is -0.477 e. The van der Waals surface area contributed by atoms with Gasteiger partial charge in [-0.25, -0.2) is 14.4 Å². The van der Waals surface area contributed by atoms with Gasteiger partial charge >= 0.3 is 18.0 Å². The topological polar surface area (TPSA) is 113 Å². The minimum absolute atomic E-state index is 0.0528. The van der Waals surface area contributed by atoms with Gasteiger partial charge < -0.3 is 20.3 Å². The van der Waals surface area contributed by atoms with Crippen molar-refractivity contribution >= 4 is 18.0 Å². The normalized spacial score (nSPS) is 10.5. The number of amides is 1. The molecule has 0 bridgehead atoms. The molecule has 0 aromatic heterocycles. The molecule has 0 aliphatic carbocycles. The summed E-state index contributed by atoms with van der Waals surface area (Å²) in [6, 6.07) is 9.00. The number of carbonyl (C=O) groups is 3. The number of alkyl carbamates (subject to hydrolysis) is 1. The van der Waals surface area contributed by atoms with E-state index in [9.17, 15) is 14.4 Å². The molecule has 118 valence electrons. The largest absolute Gasteiger partial charge is 0.477 e. The van der Waals surface area contributed by atoms with Crippen LogP contribution in [0, 0.1) is 0 Å². The first kappa shape index (κ1) is 17.2. The van der Waals surface area contributed by atoms with Crippen LogP contribution in [0.1, 0.15) is 19.4 Å². The predicted octanol–water partition coefficient (Wildman–Crippen LogP) is 1.79. The van der Waals surface area contributed by atoms with Crippen LogP contribution in [0.5, 0.6) is 0 Å². The summed E-state index contributed by atoms with van der Waals surface area (Å²) in [5.41, 5.74) is -1.23. The monoisotopic (exact) mass is 307 g/mol. The van der Waals surface area contributed by atoms with Gasteiger partial charge in [0.1, 0.15) is 12.2 Å². The predicted molar refractivity (Wildman–Crippen MR) is 77.2 cm³/mol. The van der Waals surface area contributed by atoms with Crippen molar-refractivity contribution in [2.45, 2.75) is 26.0 Å². The van der Waals surface area contributed by atoms with Gasteiger partial charge in [-0.05, 0) is 25.5 Å². The van der Waals surface area contributed by atoms with Crippen molar-refractivity contribution < 1.29 is 29.3 Å². The lowest BCUT2D eigenvalue weighted by atomic mass is 10.0. The molecular formula is C15H17NO6. The zero-order valence-electron chi connectivity index (χ0n) is 12.2. The van der Waals surface area contributed by atoms with Crippen LogP contribution in [0.2, 0.25) is 0 Å². The van der Waals surface area contributed by atoms with E-state index in [0.717, 1.165) is 11.6 Å². The van der Waals surface area contributed by atoms with Gasteiger partial charge in [-0.2, -0.15) is 0 Å². The third-order valence-corrected chi connectivity index (χ3v) is 2.60. The summed E-state index contributed by atoms with van der Waals surface area (Å²) in [5, 5.41) is 20.0. The molecule has 0 aliphatic heterocycles. The number of carboxylic acid groups (broad SMARTS) is 2. The molecule has 0 aliphatic rings. The first-order valence-electron chi connectivity index (χ1n) is 6.39. The van der Waals surface area contributed by atoms with E-state index in [0.29, 0.717) is 0 Å². The average molecular weight is 307 g/mol. The highest BCUT2D eigenvalue weighted by Gasteiger charge is 2.25. The number of benzene rings is 1. The van der Waals surface area contributed by atoms with E-state index >= 15 is 0 Å². The highest BCUT2D eigenvalue weighted by molar-refractivity contribution is 6.12. The second kappa shape index (κ2) is 7.26. The van der Waals surface area contributed by atoms with Gasteiger partial charge in [0.25, 0.3) is 0 Å². The molecule has 3 N–H and O–H groups in total. The maximum atomic E-state index is 11.7. The maximum absolute atomic E-state index is 11.7. The van der Waals surface area contributed by atoms with Crippen molar-refractivity contribution in [1.82, 2.24) is 5.32 Å². The van der Waals surface area contributed by atoms with Crippen LogP contribution < -0.4 is 5.32 Å². The van der Waals surface area contributed by atoms with Crippen LogP contribution in [0.3, 0.4) is 0 Å². The Bertz CT molecular complexity index is 575. The average Bonchev–Trinajstić information content (AvgIpc) is 2.43. The molecule has 0 radical (unpaired) electrons. The first-order valence-corrected chi connectivity index (χ1v) is 6.39. The Hall–Kier alpha value is -2.83. The van der Waals surface area contributed by atoms with Gasteiger partial charge in [0.05, 0.1) is 5.54 Å². The molecule has 7 nitrogen and oxygen atoms in total. The molecule has 22 heavy (non-hydrogen) atoms. The van der Waals surface area contributed by atoms with Crippen LogP contribution in [0.25, 0.3) is 0 Å². The number of ether oxygens (including phenoxy) is 1. The Morgan fingerprint density at radius 2 is 1.68 bits per heavy atom. The van der Waals surface area contributed by atoms with Crippen molar-refractivity contribution in [1.29, 1.82) is 0 Å². The summed E-state index contributed by atoms with van der Waals surface area (Å²) in [5.74, 6) is -3.17. The molecule has 1 aromatic carbocycles. The molecule has 0 unspecified atom stereocenters. The summed E-state index contributed by atoms with van der Waals surface area (Å²) in [7, 11) is 0. The fraction of sp³-hybridized carbons (Fsp3) is 0.267. The number of nitrogens with one attached hydrogen (secondary N) is 1. The number of carbonyl (C=O) groups excluding carboxylic acids is 1. The summed E-state index contributed by atoms with van der Waals surface area (Å²) < 4.78 is 4.99. The van der Waals surface area contributed by atoms with Crippen LogP contribution >= 0.6 is 0 Å². The highest BCUT2D eigenvalue weighted by Crippen LogP contribution is 2.10. The third-order valence-electron chi connectivity index (χ3n) is 2.60. The molecule has 0 heterocycles. The first-order chi connectivity index (χ1) is 10.2. The number of hydrogen-bond acceptors (Lipinski definition) is 4. The molecule has 0 atom stereocenters. The Balaban J connectivity index is 2.67. The van der Waals surface area contributed by atoms with E-state index in [1.54, 1.807) is 24.3 Å². The van der Waals surface area contributed by atoms with E-state index in [1.807, 2.05) is 6.07 Å². The summed E-state index contributed by atoms with van der Waals surface area (Å²) in [6.07, 6.45) is 0.168. The fourth-order valence-corrected chi connectivity index (χ4v) is 1.63. The lowest BCUT2D eigenvalue weighted by Gasteiger charge is -2.22. The van der Waals surface area contributed by atoms with Gasteiger partial charge in [-0.1, -0.05) is 30.3 Å². The zero-order chi connectivity index (χ0) is 16.8. The van der Waals surface area contributed by atoms with E-state index < -0.39 is 29.1 Å². The third kappa shape index (κ3) is 5.66. The van der Waals surface area contributed by atoms with Gasteiger partial charge in [0.2, 0.25) is 0 Å². The number of rotatable bonds is 6. The van der Waals surface area contributed by atoms with Crippen molar-refractivity contribution in [3.63, 3.8) is 0 Å². The maximum Gasteiger partial charge on any atom is 0.408 e. The van der Waals surface area contributed by atoms with E-state index in [4.69, 9.17) is 14.9 Å². The van der Waals surface area contributed by atoms with Crippen LogP contribution in [-0.4, -0.2) is 33.8 Å². The molecular weight excluding hydrogens is 290 g/mol. The Labute approximate surface area is 127 Å². The molecule has 1 aromatic rings. The molecule has 7 heteroatoms. The smallest absolute Gasteiger partial charge is 0.408 e. The van der Waals surface area contributed by atoms with Crippen molar-refractivity contribution in [2.75, 3.05) is 0 Å². The quantitative estimate of drug-likeness (QED) is 0.419. The van der Waals surface area contributed by atoms with Crippen molar-refractivity contribution in [2.24, 2.45) is 0 Å². The van der Waals surface area contributed by atoms with E-state index in [1.165, 1.54) is 13.8 Å². The molecule has 1 amide bonds. The molecule has 0 saturated carbocycles. The van der Waals surface area contributed by atoms with E-state index in [2.05, 4.69) is 5.32 Å². The van der Waals surface area contributed by atoms with Crippen LogP contribution in [0.4, 0.5) is 4.79 Å². The van der Waals surface area contributed by atoms with Gasteiger partial charge in [0.15, 0.2) is 0 Å². The standard InChI is InChI=1S/C15H17NO6/c1-15(2,8-11(12(17)18)13(19)20)16-14(21)22-9-10-6-4-3-5-7-10/h3-8H,9H2,1-2H3,(H,16,21)(H,17,18)(H,19,20). The molecule has 0 saturated heterocycles. The minimum atomic E-state index is -1.58. The lowest BCUT2D eigenvalue weighted by Crippen LogP contribution is -2.43. The number of carboxylic acids is 2. The summed E-state index contributed by atoms with van der Waals surface area (Å²) >= 11 is 0. The van der Waals surface area contributed by atoms with E-state index in [-0.39, 0.29) is 6.61 Å². The SMILES string of the molecule is CC(C)(C=C(C(=O)O)C(=O)O)NC(=O)OCc1ccccc1. The fourth-order valence-electron chi connectivity index (χ4n) is 1.63. The second-order valence-corrected chi connectivity index (χ2v) is 5.08. The van der Waals surface area contributed by atoms with Gasteiger partial charge in [0, 0.05) is 0 Å². The van der Waals surface area contributed by atoms with Crippen LogP contribution in [0.15, 0.2) is 42.0 Å².